The van der Waals surface area contributed by atoms with Crippen LogP contribution in [0.2, 0.25) is 0 Å². The Morgan fingerprint density at radius 1 is 1.42 bits per heavy atom. The van der Waals surface area contributed by atoms with Crippen molar-refractivity contribution in [1.29, 1.82) is 0 Å². The molecule has 0 unspecified atom stereocenters. The van der Waals surface area contributed by atoms with Crippen molar-refractivity contribution in [3.63, 3.8) is 0 Å². The zero-order valence-electron chi connectivity index (χ0n) is 10.4. The van der Waals surface area contributed by atoms with Crippen LogP contribution in [0.4, 0.5) is 20.2 Å². The molecular weight excluding hydrogens is 254 g/mol. The minimum absolute atomic E-state index is 0.110. The Morgan fingerprint density at radius 2 is 2.21 bits per heavy atom. The van der Waals surface area contributed by atoms with E-state index in [1.165, 1.54) is 12.1 Å². The van der Waals surface area contributed by atoms with E-state index in [0.717, 1.165) is 0 Å². The minimum Gasteiger partial charge on any atom is -0.399 e. The van der Waals surface area contributed by atoms with Crippen molar-refractivity contribution in [2.24, 2.45) is 0 Å². The quantitative estimate of drug-likeness (QED) is 0.815. The minimum atomic E-state index is -2.57. The summed E-state index contributed by atoms with van der Waals surface area (Å²) in [5, 5.41) is 6.57. The number of alkyl halides is 2. The normalized spacial score (nSPS) is 10.9. The van der Waals surface area contributed by atoms with E-state index in [1.807, 2.05) is 0 Å². The first kappa shape index (κ1) is 13.3. The lowest BCUT2D eigenvalue weighted by Crippen LogP contribution is -2.08. The number of halogens is 2. The second kappa shape index (κ2) is 5.64. The first-order valence-electron chi connectivity index (χ1n) is 5.77. The number of hydrogen-bond acceptors (Lipinski definition) is 5. The van der Waals surface area contributed by atoms with Crippen LogP contribution in [0.3, 0.4) is 0 Å². The molecule has 7 heteroatoms. The molecular formula is C12H14F2N4O. The van der Waals surface area contributed by atoms with Crippen molar-refractivity contribution in [3.05, 3.63) is 35.5 Å². The highest BCUT2D eigenvalue weighted by Gasteiger charge is 2.13. The molecule has 0 amide bonds. The van der Waals surface area contributed by atoms with Crippen molar-refractivity contribution >= 4 is 11.4 Å². The third-order valence-electron chi connectivity index (χ3n) is 2.53. The predicted molar refractivity (Wildman–Crippen MR) is 67.0 cm³/mol. The zero-order chi connectivity index (χ0) is 13.8. The highest BCUT2D eigenvalue weighted by molar-refractivity contribution is 5.58. The largest absolute Gasteiger partial charge is 0.399 e. The topological polar surface area (TPSA) is 77.0 Å². The highest BCUT2D eigenvalue weighted by Crippen LogP contribution is 2.28. The average molecular weight is 268 g/mol. The standard InChI is InChI=1S/C12H14F2N4O/c1-7-17-11(19-18-7)4-5-16-10-3-2-8(15)6-9(10)12(13)14/h2-3,6,12,16H,4-5,15H2,1H3. The third kappa shape index (κ3) is 3.40. The lowest BCUT2D eigenvalue weighted by Gasteiger charge is -2.11. The van der Waals surface area contributed by atoms with Gasteiger partial charge in [-0.2, -0.15) is 4.98 Å². The zero-order valence-corrected chi connectivity index (χ0v) is 10.4. The monoisotopic (exact) mass is 268 g/mol. The Labute approximate surface area is 108 Å². The summed E-state index contributed by atoms with van der Waals surface area (Å²) >= 11 is 0. The summed E-state index contributed by atoms with van der Waals surface area (Å²) in [5.41, 5.74) is 6.06. The van der Waals surface area contributed by atoms with Crippen molar-refractivity contribution < 1.29 is 13.3 Å². The number of anilines is 2. The van der Waals surface area contributed by atoms with Gasteiger partial charge in [0.1, 0.15) is 0 Å². The number of rotatable bonds is 5. The van der Waals surface area contributed by atoms with E-state index < -0.39 is 6.43 Å². The third-order valence-corrected chi connectivity index (χ3v) is 2.53. The molecule has 0 fully saturated rings. The number of nitrogen functional groups attached to an aromatic ring is 1. The molecule has 1 aromatic carbocycles. The van der Waals surface area contributed by atoms with E-state index in [-0.39, 0.29) is 5.56 Å². The summed E-state index contributed by atoms with van der Waals surface area (Å²) in [5.74, 6) is 1.02. The molecule has 0 aliphatic rings. The first-order chi connectivity index (χ1) is 9.06. The fourth-order valence-corrected chi connectivity index (χ4v) is 1.67. The number of aryl methyl sites for hydroxylation is 1. The van der Waals surface area contributed by atoms with Gasteiger partial charge in [-0.25, -0.2) is 8.78 Å². The second-order valence-electron chi connectivity index (χ2n) is 4.06. The van der Waals surface area contributed by atoms with Crippen molar-refractivity contribution in [2.75, 3.05) is 17.6 Å². The number of nitrogens with one attached hydrogen (secondary N) is 1. The Hall–Kier alpha value is -2.18. The molecule has 0 saturated heterocycles. The van der Waals surface area contributed by atoms with Gasteiger partial charge < -0.3 is 15.6 Å². The molecule has 102 valence electrons. The van der Waals surface area contributed by atoms with Crippen LogP contribution in [-0.4, -0.2) is 16.7 Å². The molecule has 5 nitrogen and oxygen atoms in total. The first-order valence-corrected chi connectivity index (χ1v) is 5.77. The molecule has 2 aromatic rings. The van der Waals surface area contributed by atoms with E-state index in [9.17, 15) is 8.78 Å². The number of hydrogen-bond donors (Lipinski definition) is 2. The summed E-state index contributed by atoms with van der Waals surface area (Å²) in [7, 11) is 0. The van der Waals surface area contributed by atoms with Gasteiger partial charge in [-0.1, -0.05) is 5.16 Å². The Morgan fingerprint density at radius 3 is 2.84 bits per heavy atom. The molecule has 0 atom stereocenters. The van der Waals surface area contributed by atoms with Crippen LogP contribution in [0.5, 0.6) is 0 Å². The second-order valence-corrected chi connectivity index (χ2v) is 4.06. The Balaban J connectivity index is 1.99. The molecule has 19 heavy (non-hydrogen) atoms. The van der Waals surface area contributed by atoms with Gasteiger partial charge in [0.05, 0.1) is 0 Å². The number of nitrogens with two attached hydrogens (primary N) is 1. The summed E-state index contributed by atoms with van der Waals surface area (Å²) < 4.78 is 30.6. The van der Waals surface area contributed by atoms with Gasteiger partial charge in [0, 0.05) is 29.9 Å². The average Bonchev–Trinajstić information content (AvgIpc) is 2.77. The lowest BCUT2D eigenvalue weighted by atomic mass is 10.1. The van der Waals surface area contributed by atoms with Crippen LogP contribution in [0.15, 0.2) is 22.7 Å². The maximum Gasteiger partial charge on any atom is 0.265 e. The van der Waals surface area contributed by atoms with Crippen molar-refractivity contribution in [3.8, 4) is 0 Å². The van der Waals surface area contributed by atoms with Crippen LogP contribution >= 0.6 is 0 Å². The molecule has 0 radical (unpaired) electrons. The molecule has 3 N–H and O–H groups in total. The van der Waals surface area contributed by atoms with Gasteiger partial charge in [-0.05, 0) is 25.1 Å². The highest BCUT2D eigenvalue weighted by atomic mass is 19.3. The molecule has 0 aliphatic heterocycles. The van der Waals surface area contributed by atoms with E-state index in [1.54, 1.807) is 13.0 Å². The molecule has 0 aliphatic carbocycles. The van der Waals surface area contributed by atoms with Crippen LogP contribution in [-0.2, 0) is 6.42 Å². The molecule has 0 bridgehead atoms. The fraction of sp³-hybridized carbons (Fsp3) is 0.333. The van der Waals surface area contributed by atoms with Gasteiger partial charge in [0.25, 0.3) is 6.43 Å². The van der Waals surface area contributed by atoms with Gasteiger partial charge >= 0.3 is 0 Å². The van der Waals surface area contributed by atoms with Crippen LogP contribution in [0, 0.1) is 6.92 Å². The molecule has 1 aromatic heterocycles. The SMILES string of the molecule is Cc1noc(CCNc2ccc(N)cc2C(F)F)n1. The maximum atomic E-state index is 12.8. The Bertz CT molecular complexity index is 556. The predicted octanol–water partition coefficient (Wildman–Crippen LogP) is 2.55. The number of nitrogens with zero attached hydrogens (tertiary/aromatic N) is 2. The van der Waals surface area contributed by atoms with E-state index in [4.69, 9.17) is 10.3 Å². The van der Waals surface area contributed by atoms with Crippen LogP contribution < -0.4 is 11.1 Å². The van der Waals surface area contributed by atoms with Gasteiger partial charge in [0.2, 0.25) is 5.89 Å². The van der Waals surface area contributed by atoms with Crippen molar-refractivity contribution in [2.45, 2.75) is 19.8 Å². The summed E-state index contributed by atoms with van der Waals surface area (Å²) in [4.78, 5) is 4.03. The summed E-state index contributed by atoms with van der Waals surface area (Å²) in [6.07, 6.45) is -2.11. The van der Waals surface area contributed by atoms with Gasteiger partial charge in [-0.15, -0.1) is 0 Å². The van der Waals surface area contributed by atoms with Crippen LogP contribution in [0.25, 0.3) is 0 Å². The maximum absolute atomic E-state index is 12.8. The molecule has 1 heterocycles. The van der Waals surface area contributed by atoms with Gasteiger partial charge in [-0.3, -0.25) is 0 Å². The summed E-state index contributed by atoms with van der Waals surface area (Å²) in [6, 6.07) is 4.38. The van der Waals surface area contributed by atoms with Crippen molar-refractivity contribution in [1.82, 2.24) is 10.1 Å². The molecule has 2 rings (SSSR count). The Kier molecular flexibility index (Phi) is 3.94. The number of benzene rings is 1. The lowest BCUT2D eigenvalue weighted by molar-refractivity contribution is 0.152. The summed E-state index contributed by atoms with van der Waals surface area (Å²) in [6.45, 7) is 2.14. The fourth-order valence-electron chi connectivity index (χ4n) is 1.67. The molecule has 0 saturated carbocycles. The van der Waals surface area contributed by atoms with Gasteiger partial charge in [0.15, 0.2) is 5.82 Å². The van der Waals surface area contributed by atoms with E-state index in [2.05, 4.69) is 15.5 Å². The smallest absolute Gasteiger partial charge is 0.265 e. The van der Waals surface area contributed by atoms with E-state index >= 15 is 0 Å². The molecule has 0 spiro atoms. The van der Waals surface area contributed by atoms with Crippen LogP contribution in [0.1, 0.15) is 23.7 Å². The van der Waals surface area contributed by atoms with E-state index in [0.29, 0.717) is 36.1 Å². The number of aromatic nitrogens is 2.